The topological polar surface area (TPSA) is 47.6 Å². The van der Waals surface area contributed by atoms with Gasteiger partial charge in [-0.15, -0.1) is 0 Å². The van der Waals surface area contributed by atoms with Crippen LogP contribution in [-0.4, -0.2) is 12.7 Å². The molecule has 0 radical (unpaired) electrons. The number of benzene rings is 1. The summed E-state index contributed by atoms with van der Waals surface area (Å²) in [6, 6.07) is 5.74. The zero-order chi connectivity index (χ0) is 11.8. The van der Waals surface area contributed by atoms with E-state index in [2.05, 4.69) is 12.2 Å². The largest absolute Gasteiger partial charge is 0.454 e. The van der Waals surface area contributed by atoms with Gasteiger partial charge >= 0.3 is 0 Å². The van der Waals surface area contributed by atoms with Crippen molar-refractivity contribution in [2.24, 2.45) is 11.8 Å². The van der Waals surface area contributed by atoms with Crippen molar-refractivity contribution in [3.63, 3.8) is 0 Å². The maximum Gasteiger partial charge on any atom is 0.231 e. The minimum Gasteiger partial charge on any atom is -0.454 e. The number of hydrogen-bond acceptors (Lipinski definition) is 3. The van der Waals surface area contributed by atoms with Gasteiger partial charge in [-0.2, -0.15) is 0 Å². The number of ether oxygens (including phenoxy) is 2. The van der Waals surface area contributed by atoms with Gasteiger partial charge in [0.25, 0.3) is 0 Å². The maximum absolute atomic E-state index is 11.7. The fourth-order valence-corrected chi connectivity index (χ4v) is 2.06. The van der Waals surface area contributed by atoms with Crippen LogP contribution in [0.5, 0.6) is 11.5 Å². The van der Waals surface area contributed by atoms with Crippen molar-refractivity contribution in [2.45, 2.75) is 19.9 Å². The van der Waals surface area contributed by atoms with Crippen LogP contribution in [0.2, 0.25) is 0 Å². The van der Waals surface area contributed by atoms with Gasteiger partial charge in [0.05, 0.1) is 0 Å². The van der Waals surface area contributed by atoms with Crippen molar-refractivity contribution in [3.8, 4) is 11.5 Å². The number of fused-ring (bicyclic) bond motifs is 1. The smallest absolute Gasteiger partial charge is 0.231 e. The van der Waals surface area contributed by atoms with Gasteiger partial charge in [-0.25, -0.2) is 0 Å². The third-order valence-electron chi connectivity index (χ3n) is 3.35. The molecule has 1 amide bonds. The second-order valence-electron chi connectivity index (χ2n) is 4.72. The molecule has 4 heteroatoms. The highest BCUT2D eigenvalue weighted by Crippen LogP contribution is 2.37. The van der Waals surface area contributed by atoms with E-state index in [0.29, 0.717) is 12.5 Å². The number of amides is 1. The van der Waals surface area contributed by atoms with Crippen LogP contribution in [0, 0.1) is 11.8 Å². The van der Waals surface area contributed by atoms with Crippen LogP contribution in [0.25, 0.3) is 0 Å². The van der Waals surface area contributed by atoms with Crippen molar-refractivity contribution < 1.29 is 14.3 Å². The Morgan fingerprint density at radius 1 is 1.41 bits per heavy atom. The van der Waals surface area contributed by atoms with E-state index < -0.39 is 0 Å². The number of nitrogens with one attached hydrogen (secondary N) is 1. The van der Waals surface area contributed by atoms with E-state index in [0.717, 1.165) is 23.5 Å². The molecule has 1 aliphatic heterocycles. The minimum absolute atomic E-state index is 0.162. The van der Waals surface area contributed by atoms with Crippen LogP contribution in [0.3, 0.4) is 0 Å². The van der Waals surface area contributed by atoms with Crippen molar-refractivity contribution in [2.75, 3.05) is 6.79 Å². The molecular formula is C13H15NO3. The van der Waals surface area contributed by atoms with Crippen LogP contribution in [0.1, 0.15) is 18.9 Å². The summed E-state index contributed by atoms with van der Waals surface area (Å²) in [4.78, 5) is 11.7. The lowest BCUT2D eigenvalue weighted by atomic mass is 10.2. The van der Waals surface area contributed by atoms with E-state index in [1.807, 2.05) is 18.2 Å². The number of carbonyl (C=O) groups excluding carboxylic acids is 1. The summed E-state index contributed by atoms with van der Waals surface area (Å²) in [5.74, 6) is 2.47. The molecule has 2 atom stereocenters. The zero-order valence-electron chi connectivity index (χ0n) is 9.73. The first kappa shape index (κ1) is 10.4. The fourth-order valence-electron chi connectivity index (χ4n) is 2.06. The Hall–Kier alpha value is -1.71. The number of hydrogen-bond donors (Lipinski definition) is 1. The van der Waals surface area contributed by atoms with Gasteiger partial charge in [-0.1, -0.05) is 13.0 Å². The Kier molecular flexibility index (Phi) is 2.42. The van der Waals surface area contributed by atoms with Gasteiger partial charge in [0.15, 0.2) is 11.5 Å². The van der Waals surface area contributed by atoms with Gasteiger partial charge in [-0.05, 0) is 30.0 Å². The minimum atomic E-state index is 0.162. The second kappa shape index (κ2) is 3.95. The summed E-state index contributed by atoms with van der Waals surface area (Å²) in [5, 5.41) is 2.95. The Balaban J connectivity index is 1.60. The molecular weight excluding hydrogens is 218 g/mol. The third-order valence-corrected chi connectivity index (χ3v) is 3.35. The van der Waals surface area contributed by atoms with Crippen molar-refractivity contribution >= 4 is 5.91 Å². The molecule has 1 heterocycles. The SMILES string of the molecule is C[C@H]1C[C@@H]1C(=O)NCc1ccc2c(c1)OCO2. The third kappa shape index (κ3) is 2.07. The highest BCUT2D eigenvalue weighted by Gasteiger charge is 2.38. The summed E-state index contributed by atoms with van der Waals surface area (Å²) >= 11 is 0. The molecule has 1 aromatic carbocycles. The van der Waals surface area contributed by atoms with Crippen molar-refractivity contribution in [1.82, 2.24) is 5.32 Å². The molecule has 17 heavy (non-hydrogen) atoms. The van der Waals surface area contributed by atoms with Crippen LogP contribution in [0.4, 0.5) is 0 Å². The summed E-state index contributed by atoms with van der Waals surface area (Å²) in [7, 11) is 0. The van der Waals surface area contributed by atoms with Gasteiger partial charge in [0, 0.05) is 12.5 Å². The lowest BCUT2D eigenvalue weighted by molar-refractivity contribution is -0.122. The quantitative estimate of drug-likeness (QED) is 0.864. The Bertz CT molecular complexity index is 458. The van der Waals surface area contributed by atoms with Gasteiger partial charge in [0.1, 0.15) is 0 Å². The van der Waals surface area contributed by atoms with Gasteiger partial charge in [-0.3, -0.25) is 4.79 Å². The average molecular weight is 233 g/mol. The highest BCUT2D eigenvalue weighted by molar-refractivity contribution is 5.81. The first-order chi connectivity index (χ1) is 8.24. The molecule has 1 N–H and O–H groups in total. The first-order valence-corrected chi connectivity index (χ1v) is 5.90. The molecule has 1 aromatic rings. The fraction of sp³-hybridized carbons (Fsp3) is 0.462. The molecule has 90 valence electrons. The number of rotatable bonds is 3. The normalized spacial score (nSPS) is 24.5. The Labute approximate surface area is 99.9 Å². The molecule has 3 rings (SSSR count). The molecule has 0 saturated heterocycles. The first-order valence-electron chi connectivity index (χ1n) is 5.90. The van der Waals surface area contributed by atoms with Crippen LogP contribution < -0.4 is 14.8 Å². The summed E-state index contributed by atoms with van der Waals surface area (Å²) in [6.07, 6.45) is 1.02. The lowest BCUT2D eigenvalue weighted by Gasteiger charge is -2.05. The van der Waals surface area contributed by atoms with E-state index in [1.165, 1.54) is 0 Å². The predicted molar refractivity (Wildman–Crippen MR) is 61.7 cm³/mol. The molecule has 0 bridgehead atoms. The molecule has 1 fully saturated rings. The van der Waals surface area contributed by atoms with Crippen LogP contribution in [0.15, 0.2) is 18.2 Å². The van der Waals surface area contributed by atoms with E-state index >= 15 is 0 Å². The van der Waals surface area contributed by atoms with Gasteiger partial charge in [0.2, 0.25) is 12.7 Å². The van der Waals surface area contributed by atoms with E-state index in [4.69, 9.17) is 9.47 Å². The summed E-state index contributed by atoms with van der Waals surface area (Å²) in [6.45, 7) is 2.94. The lowest BCUT2D eigenvalue weighted by Crippen LogP contribution is -2.24. The van der Waals surface area contributed by atoms with E-state index in [1.54, 1.807) is 0 Å². The van der Waals surface area contributed by atoms with Gasteiger partial charge < -0.3 is 14.8 Å². The second-order valence-corrected chi connectivity index (χ2v) is 4.72. The molecule has 1 aliphatic carbocycles. The monoisotopic (exact) mass is 233 g/mol. The van der Waals surface area contributed by atoms with Crippen LogP contribution in [-0.2, 0) is 11.3 Å². The molecule has 4 nitrogen and oxygen atoms in total. The molecule has 0 aromatic heterocycles. The van der Waals surface area contributed by atoms with Crippen molar-refractivity contribution in [3.05, 3.63) is 23.8 Å². The zero-order valence-corrected chi connectivity index (χ0v) is 9.73. The standard InChI is InChI=1S/C13H15NO3/c1-8-4-10(8)13(15)14-6-9-2-3-11-12(5-9)17-7-16-11/h2-3,5,8,10H,4,6-7H2,1H3,(H,14,15)/t8-,10-/m0/s1. The molecule has 0 spiro atoms. The average Bonchev–Trinajstić information content (AvgIpc) is 2.90. The van der Waals surface area contributed by atoms with E-state index in [-0.39, 0.29) is 18.6 Å². The predicted octanol–water partition coefficient (Wildman–Crippen LogP) is 1.69. The Morgan fingerprint density at radius 3 is 2.94 bits per heavy atom. The molecule has 2 aliphatic rings. The molecule has 0 unspecified atom stereocenters. The summed E-state index contributed by atoms with van der Waals surface area (Å²) in [5.41, 5.74) is 1.04. The maximum atomic E-state index is 11.7. The molecule has 1 saturated carbocycles. The highest BCUT2D eigenvalue weighted by atomic mass is 16.7. The van der Waals surface area contributed by atoms with Crippen LogP contribution >= 0.6 is 0 Å². The van der Waals surface area contributed by atoms with Crippen molar-refractivity contribution in [1.29, 1.82) is 0 Å². The van der Waals surface area contributed by atoms with E-state index in [9.17, 15) is 4.79 Å². The Morgan fingerprint density at radius 2 is 2.18 bits per heavy atom. The number of carbonyl (C=O) groups is 1. The summed E-state index contributed by atoms with van der Waals surface area (Å²) < 4.78 is 10.5.